The third-order valence-corrected chi connectivity index (χ3v) is 4.47. The van der Waals surface area contributed by atoms with Crippen molar-refractivity contribution in [3.63, 3.8) is 0 Å². The highest BCUT2D eigenvalue weighted by molar-refractivity contribution is 6.30. The number of benzene rings is 2. The zero-order valence-electron chi connectivity index (χ0n) is 15.3. The minimum absolute atomic E-state index is 0.215. The quantitative estimate of drug-likeness (QED) is 0.523. The Morgan fingerprint density at radius 1 is 0.724 bits per heavy atom. The predicted molar refractivity (Wildman–Crippen MR) is 113 cm³/mol. The summed E-state index contributed by atoms with van der Waals surface area (Å²) in [6.45, 7) is 0. The molecule has 5 nitrogen and oxygen atoms in total. The topological polar surface area (TPSA) is 67.8 Å². The van der Waals surface area contributed by atoms with Crippen LogP contribution < -0.4 is 5.32 Å². The molecule has 2 heterocycles. The molecule has 0 aliphatic carbocycles. The number of nitrogens with one attached hydrogen (secondary N) is 1. The van der Waals surface area contributed by atoms with Crippen molar-refractivity contribution in [2.45, 2.75) is 0 Å². The average Bonchev–Trinajstić information content (AvgIpc) is 2.77. The van der Waals surface area contributed by atoms with E-state index in [-0.39, 0.29) is 5.69 Å². The number of amides is 1. The fourth-order valence-electron chi connectivity index (χ4n) is 2.96. The summed E-state index contributed by atoms with van der Waals surface area (Å²) in [5.74, 6) is 0.817. The van der Waals surface area contributed by atoms with E-state index in [0.29, 0.717) is 16.5 Å². The Balaban J connectivity index is 1.76. The van der Waals surface area contributed by atoms with Gasteiger partial charge < -0.3 is 5.32 Å². The summed E-state index contributed by atoms with van der Waals surface area (Å²) in [7, 11) is 0. The molecule has 0 spiro atoms. The summed E-state index contributed by atoms with van der Waals surface area (Å²) < 4.78 is 0. The number of pyridine rings is 1. The maximum atomic E-state index is 13.0. The van der Waals surface area contributed by atoms with E-state index in [9.17, 15) is 4.79 Å². The molecule has 0 unspecified atom stereocenters. The summed E-state index contributed by atoms with van der Waals surface area (Å²) in [5, 5.41) is 3.25. The molecule has 2 aromatic carbocycles. The maximum Gasteiger partial charge on any atom is 0.277 e. The Hall–Kier alpha value is -3.57. The summed E-state index contributed by atoms with van der Waals surface area (Å²) >= 11 is 5.87. The molecule has 141 valence electrons. The first-order valence-electron chi connectivity index (χ1n) is 8.94. The van der Waals surface area contributed by atoms with E-state index in [2.05, 4.69) is 20.3 Å². The minimum atomic E-state index is -0.396. The summed E-state index contributed by atoms with van der Waals surface area (Å²) in [4.78, 5) is 25.9. The molecule has 1 N–H and O–H groups in total. The van der Waals surface area contributed by atoms with Gasteiger partial charge in [0.15, 0.2) is 5.69 Å². The Morgan fingerprint density at radius 2 is 1.31 bits per heavy atom. The molecule has 6 heteroatoms. The minimum Gasteiger partial charge on any atom is -0.305 e. The highest BCUT2D eigenvalue weighted by atomic mass is 35.5. The molecule has 1 radical (unpaired) electrons. The standard InChI is InChI=1S/C23H16ClN4O/c24-18-11-12-19(27-15-18)28-23(29)22-21(25-13-14-26-22)20(16-7-3-1-4-8-16)17-9-5-2-6-10-17/h1-15H,(H,27,28,29). The van der Waals surface area contributed by atoms with Gasteiger partial charge in [-0.1, -0.05) is 72.3 Å². The van der Waals surface area contributed by atoms with Gasteiger partial charge in [-0.3, -0.25) is 9.78 Å². The first-order valence-corrected chi connectivity index (χ1v) is 9.32. The molecule has 0 aliphatic heterocycles. The zero-order valence-corrected chi connectivity index (χ0v) is 16.0. The molecule has 4 aromatic rings. The number of hydrogen-bond acceptors (Lipinski definition) is 4. The van der Waals surface area contributed by atoms with Gasteiger partial charge in [0.25, 0.3) is 5.91 Å². The van der Waals surface area contributed by atoms with Gasteiger partial charge >= 0.3 is 0 Å². The Bertz CT molecular complexity index is 1060. The smallest absolute Gasteiger partial charge is 0.277 e. The van der Waals surface area contributed by atoms with Crippen LogP contribution in [-0.4, -0.2) is 20.9 Å². The van der Waals surface area contributed by atoms with Crippen molar-refractivity contribution in [2.24, 2.45) is 0 Å². The monoisotopic (exact) mass is 399 g/mol. The molecular weight excluding hydrogens is 384 g/mol. The molecule has 0 saturated carbocycles. The molecule has 1 amide bonds. The third kappa shape index (κ3) is 4.31. The molecule has 2 aromatic heterocycles. The number of anilines is 1. The maximum absolute atomic E-state index is 13.0. The zero-order chi connectivity index (χ0) is 20.1. The van der Waals surface area contributed by atoms with Crippen molar-refractivity contribution >= 4 is 23.3 Å². The Morgan fingerprint density at radius 3 is 1.86 bits per heavy atom. The van der Waals surface area contributed by atoms with E-state index in [1.54, 1.807) is 18.3 Å². The first-order chi connectivity index (χ1) is 14.2. The molecule has 0 atom stereocenters. The van der Waals surface area contributed by atoms with Crippen LogP contribution in [0.4, 0.5) is 5.82 Å². The van der Waals surface area contributed by atoms with Gasteiger partial charge in [-0.25, -0.2) is 9.97 Å². The van der Waals surface area contributed by atoms with Crippen LogP contribution in [-0.2, 0) is 0 Å². The van der Waals surface area contributed by atoms with Gasteiger partial charge in [0.2, 0.25) is 0 Å². The fraction of sp³-hybridized carbons (Fsp3) is 0. The normalized spacial score (nSPS) is 10.7. The van der Waals surface area contributed by atoms with Crippen molar-refractivity contribution in [2.75, 3.05) is 5.32 Å². The van der Waals surface area contributed by atoms with Crippen LogP contribution >= 0.6 is 11.6 Å². The van der Waals surface area contributed by atoms with Gasteiger partial charge in [-0.15, -0.1) is 0 Å². The lowest BCUT2D eigenvalue weighted by molar-refractivity contribution is 0.102. The van der Waals surface area contributed by atoms with E-state index >= 15 is 0 Å². The van der Waals surface area contributed by atoms with Crippen LogP contribution in [0.5, 0.6) is 0 Å². The molecule has 29 heavy (non-hydrogen) atoms. The van der Waals surface area contributed by atoms with E-state index in [1.807, 2.05) is 60.7 Å². The van der Waals surface area contributed by atoms with E-state index < -0.39 is 5.91 Å². The van der Waals surface area contributed by atoms with Crippen molar-refractivity contribution in [3.8, 4) is 0 Å². The molecule has 0 aliphatic rings. The summed E-state index contributed by atoms with van der Waals surface area (Å²) in [5.41, 5.74) is 2.60. The lowest BCUT2D eigenvalue weighted by Gasteiger charge is -2.18. The van der Waals surface area contributed by atoms with Crippen LogP contribution in [0.3, 0.4) is 0 Å². The highest BCUT2D eigenvalue weighted by Crippen LogP contribution is 2.31. The first kappa shape index (κ1) is 18.8. The largest absolute Gasteiger partial charge is 0.305 e. The fourth-order valence-corrected chi connectivity index (χ4v) is 3.07. The van der Waals surface area contributed by atoms with Crippen LogP contribution in [0.15, 0.2) is 91.4 Å². The number of aromatic nitrogens is 3. The van der Waals surface area contributed by atoms with Crippen molar-refractivity contribution < 1.29 is 4.79 Å². The highest BCUT2D eigenvalue weighted by Gasteiger charge is 2.26. The van der Waals surface area contributed by atoms with Crippen molar-refractivity contribution in [3.05, 3.63) is 125 Å². The number of halogens is 1. The second kappa shape index (κ2) is 8.63. The van der Waals surface area contributed by atoms with Gasteiger partial charge in [-0.05, 0) is 23.3 Å². The number of rotatable bonds is 5. The number of carbonyl (C=O) groups is 1. The third-order valence-electron chi connectivity index (χ3n) is 4.24. The van der Waals surface area contributed by atoms with Crippen LogP contribution in [0.2, 0.25) is 5.02 Å². The molecule has 0 fully saturated rings. The Labute approximate surface area is 173 Å². The van der Waals surface area contributed by atoms with E-state index in [0.717, 1.165) is 17.0 Å². The molecule has 4 rings (SSSR count). The second-order valence-corrected chi connectivity index (χ2v) is 6.61. The molecular formula is C23H16ClN4O. The van der Waals surface area contributed by atoms with Crippen molar-refractivity contribution in [1.29, 1.82) is 0 Å². The van der Waals surface area contributed by atoms with Gasteiger partial charge in [0.05, 0.1) is 16.6 Å². The van der Waals surface area contributed by atoms with Gasteiger partial charge in [-0.2, -0.15) is 0 Å². The van der Waals surface area contributed by atoms with Crippen LogP contribution in [0, 0.1) is 5.92 Å². The number of carbonyl (C=O) groups excluding carboxylic acids is 1. The predicted octanol–water partition coefficient (Wildman–Crippen LogP) is 4.80. The number of hydrogen-bond donors (Lipinski definition) is 1. The number of nitrogens with zero attached hydrogens (tertiary/aromatic N) is 3. The van der Waals surface area contributed by atoms with Gasteiger partial charge in [0, 0.05) is 18.6 Å². The van der Waals surface area contributed by atoms with Crippen molar-refractivity contribution in [1.82, 2.24) is 15.0 Å². The van der Waals surface area contributed by atoms with E-state index in [1.165, 1.54) is 12.4 Å². The van der Waals surface area contributed by atoms with Crippen LogP contribution in [0.1, 0.15) is 27.3 Å². The molecule has 0 saturated heterocycles. The summed E-state index contributed by atoms with van der Waals surface area (Å²) in [6.07, 6.45) is 4.56. The van der Waals surface area contributed by atoms with E-state index in [4.69, 9.17) is 11.6 Å². The Kier molecular flexibility index (Phi) is 5.59. The van der Waals surface area contributed by atoms with Gasteiger partial charge in [0.1, 0.15) is 5.82 Å². The lowest BCUT2D eigenvalue weighted by atomic mass is 9.87. The van der Waals surface area contributed by atoms with Crippen LogP contribution in [0.25, 0.3) is 0 Å². The summed E-state index contributed by atoms with van der Waals surface area (Å²) in [6, 6.07) is 22.9. The second-order valence-electron chi connectivity index (χ2n) is 6.18. The SMILES string of the molecule is O=C(Nc1ccc(Cl)cn1)c1nccnc1[C](c1ccccc1)c1ccccc1. The molecule has 0 bridgehead atoms. The average molecular weight is 400 g/mol. The lowest BCUT2D eigenvalue weighted by Crippen LogP contribution is -2.20.